The molecule has 1 aromatic carbocycles. The van der Waals surface area contributed by atoms with E-state index in [1.807, 2.05) is 23.4 Å². The van der Waals surface area contributed by atoms with E-state index in [-0.39, 0.29) is 6.04 Å². The number of rotatable bonds is 3. The van der Waals surface area contributed by atoms with Gasteiger partial charge in [0.15, 0.2) is 5.82 Å². The van der Waals surface area contributed by atoms with E-state index in [1.165, 1.54) is 10.5 Å². The van der Waals surface area contributed by atoms with Crippen LogP contribution in [-0.4, -0.2) is 20.5 Å². The number of hydrogen-bond acceptors (Lipinski definition) is 4. The van der Waals surface area contributed by atoms with Gasteiger partial charge in [0.1, 0.15) is 6.33 Å². The standard InChI is InChI=1S/C13H16N4S/c1-9(14)13-15-8-17(16-13)6-10-7-18-12-5-3-2-4-11(10)12/h2-5,8-10H,6-7,14H2,1H3. The Kier molecular flexibility index (Phi) is 3.09. The summed E-state index contributed by atoms with van der Waals surface area (Å²) in [6.45, 7) is 2.78. The normalized spacial score (nSPS) is 19.8. The van der Waals surface area contributed by atoms with Crippen LogP contribution in [0, 0.1) is 0 Å². The summed E-state index contributed by atoms with van der Waals surface area (Å²) >= 11 is 1.92. The average molecular weight is 260 g/mol. The molecule has 4 nitrogen and oxygen atoms in total. The van der Waals surface area contributed by atoms with E-state index in [0.29, 0.717) is 11.7 Å². The first kappa shape index (κ1) is 11.7. The fraction of sp³-hybridized carbons (Fsp3) is 0.385. The second-order valence-corrected chi connectivity index (χ2v) is 5.72. The highest BCUT2D eigenvalue weighted by molar-refractivity contribution is 7.99. The molecule has 2 heterocycles. The van der Waals surface area contributed by atoms with Crippen molar-refractivity contribution in [3.63, 3.8) is 0 Å². The lowest BCUT2D eigenvalue weighted by Gasteiger charge is -2.10. The van der Waals surface area contributed by atoms with Crippen molar-refractivity contribution in [2.24, 2.45) is 5.73 Å². The van der Waals surface area contributed by atoms with Gasteiger partial charge < -0.3 is 5.73 Å². The van der Waals surface area contributed by atoms with Gasteiger partial charge in [-0.05, 0) is 18.6 Å². The summed E-state index contributed by atoms with van der Waals surface area (Å²) in [5.41, 5.74) is 7.20. The Bertz CT molecular complexity index is 549. The van der Waals surface area contributed by atoms with Crippen molar-refractivity contribution in [1.29, 1.82) is 0 Å². The molecule has 0 saturated carbocycles. The first-order valence-electron chi connectivity index (χ1n) is 6.10. The molecule has 1 aliphatic heterocycles. The molecule has 3 rings (SSSR count). The van der Waals surface area contributed by atoms with Crippen LogP contribution in [0.2, 0.25) is 0 Å². The second-order valence-electron chi connectivity index (χ2n) is 4.66. The topological polar surface area (TPSA) is 56.7 Å². The Morgan fingerprint density at radius 2 is 2.33 bits per heavy atom. The maximum atomic E-state index is 5.77. The molecule has 2 unspecified atom stereocenters. The fourth-order valence-electron chi connectivity index (χ4n) is 2.21. The Hall–Kier alpha value is -1.33. The zero-order chi connectivity index (χ0) is 12.5. The van der Waals surface area contributed by atoms with E-state index >= 15 is 0 Å². The van der Waals surface area contributed by atoms with Gasteiger partial charge in [-0.25, -0.2) is 4.98 Å². The number of nitrogens with two attached hydrogens (primary N) is 1. The van der Waals surface area contributed by atoms with Crippen molar-refractivity contribution < 1.29 is 0 Å². The zero-order valence-electron chi connectivity index (χ0n) is 10.3. The molecule has 1 aliphatic rings. The predicted molar refractivity (Wildman–Crippen MR) is 72.5 cm³/mol. The van der Waals surface area contributed by atoms with Gasteiger partial charge in [0.25, 0.3) is 0 Å². The molecule has 0 aliphatic carbocycles. The van der Waals surface area contributed by atoms with E-state index in [2.05, 4.69) is 34.3 Å². The lowest BCUT2D eigenvalue weighted by Crippen LogP contribution is -2.11. The van der Waals surface area contributed by atoms with Crippen LogP contribution >= 0.6 is 11.8 Å². The van der Waals surface area contributed by atoms with Crippen molar-refractivity contribution in [3.05, 3.63) is 42.0 Å². The van der Waals surface area contributed by atoms with Crippen molar-refractivity contribution in [2.45, 2.75) is 30.3 Å². The Labute approximate surface area is 111 Å². The fourth-order valence-corrected chi connectivity index (χ4v) is 3.45. The number of nitrogens with zero attached hydrogens (tertiary/aromatic N) is 3. The van der Waals surface area contributed by atoms with Crippen LogP contribution in [0.1, 0.15) is 30.3 Å². The van der Waals surface area contributed by atoms with E-state index in [9.17, 15) is 0 Å². The smallest absolute Gasteiger partial charge is 0.166 e. The molecule has 0 saturated heterocycles. The highest BCUT2D eigenvalue weighted by Gasteiger charge is 2.23. The van der Waals surface area contributed by atoms with Crippen LogP contribution < -0.4 is 5.73 Å². The molecule has 94 valence electrons. The maximum Gasteiger partial charge on any atom is 0.166 e. The largest absolute Gasteiger partial charge is 0.321 e. The van der Waals surface area contributed by atoms with E-state index in [0.717, 1.165) is 12.3 Å². The molecular weight excluding hydrogens is 244 g/mol. The third kappa shape index (κ3) is 2.15. The van der Waals surface area contributed by atoms with Gasteiger partial charge in [-0.15, -0.1) is 11.8 Å². The van der Waals surface area contributed by atoms with Crippen molar-refractivity contribution >= 4 is 11.8 Å². The number of aromatic nitrogens is 3. The van der Waals surface area contributed by atoms with Crippen LogP contribution in [-0.2, 0) is 6.54 Å². The van der Waals surface area contributed by atoms with Crippen LogP contribution in [0.15, 0.2) is 35.5 Å². The molecule has 0 spiro atoms. The molecule has 1 aromatic heterocycles. The number of fused-ring (bicyclic) bond motifs is 1. The average Bonchev–Trinajstić information content (AvgIpc) is 2.98. The second kappa shape index (κ2) is 4.74. The van der Waals surface area contributed by atoms with Gasteiger partial charge in [-0.1, -0.05) is 18.2 Å². The van der Waals surface area contributed by atoms with Crippen LogP contribution in [0.3, 0.4) is 0 Å². The van der Waals surface area contributed by atoms with E-state index < -0.39 is 0 Å². The van der Waals surface area contributed by atoms with Crippen LogP contribution in [0.4, 0.5) is 0 Å². The molecule has 2 N–H and O–H groups in total. The third-order valence-electron chi connectivity index (χ3n) is 3.17. The minimum absolute atomic E-state index is 0.100. The molecule has 2 atom stereocenters. The third-order valence-corrected chi connectivity index (χ3v) is 4.42. The van der Waals surface area contributed by atoms with Gasteiger partial charge in [-0.2, -0.15) is 5.10 Å². The molecule has 5 heteroatoms. The van der Waals surface area contributed by atoms with Gasteiger partial charge in [0.05, 0.1) is 12.6 Å². The van der Waals surface area contributed by atoms with Crippen LogP contribution in [0.25, 0.3) is 0 Å². The molecule has 0 fully saturated rings. The number of hydrogen-bond donors (Lipinski definition) is 1. The molecule has 0 radical (unpaired) electrons. The van der Waals surface area contributed by atoms with Gasteiger partial charge in [0.2, 0.25) is 0 Å². The lowest BCUT2D eigenvalue weighted by atomic mass is 10.0. The minimum Gasteiger partial charge on any atom is -0.321 e. The molecular formula is C13H16N4S. The summed E-state index contributed by atoms with van der Waals surface area (Å²) in [7, 11) is 0. The molecule has 2 aromatic rings. The number of thioether (sulfide) groups is 1. The summed E-state index contributed by atoms with van der Waals surface area (Å²) in [4.78, 5) is 5.63. The van der Waals surface area contributed by atoms with Crippen molar-refractivity contribution in [1.82, 2.24) is 14.8 Å². The quantitative estimate of drug-likeness (QED) is 0.919. The Morgan fingerprint density at radius 3 is 3.11 bits per heavy atom. The van der Waals surface area contributed by atoms with Crippen LogP contribution in [0.5, 0.6) is 0 Å². The first-order chi connectivity index (χ1) is 8.74. The predicted octanol–water partition coefficient (Wildman–Crippen LogP) is 2.19. The monoisotopic (exact) mass is 260 g/mol. The summed E-state index contributed by atoms with van der Waals surface area (Å²) in [6.07, 6.45) is 1.78. The zero-order valence-corrected chi connectivity index (χ0v) is 11.1. The number of benzene rings is 1. The maximum absolute atomic E-state index is 5.77. The van der Waals surface area contributed by atoms with Crippen molar-refractivity contribution in [2.75, 3.05) is 5.75 Å². The summed E-state index contributed by atoms with van der Waals surface area (Å²) in [5.74, 6) is 2.36. The minimum atomic E-state index is -0.100. The Morgan fingerprint density at radius 1 is 1.50 bits per heavy atom. The summed E-state index contributed by atoms with van der Waals surface area (Å²) in [6, 6.07) is 8.50. The van der Waals surface area contributed by atoms with Crippen molar-refractivity contribution in [3.8, 4) is 0 Å². The Balaban J connectivity index is 1.78. The first-order valence-corrected chi connectivity index (χ1v) is 7.09. The SMILES string of the molecule is CC(N)c1ncn(CC2CSc3ccccc32)n1. The van der Waals surface area contributed by atoms with Gasteiger partial charge in [-0.3, -0.25) is 4.68 Å². The molecule has 0 bridgehead atoms. The molecule has 0 amide bonds. The highest BCUT2D eigenvalue weighted by Crippen LogP contribution is 2.39. The van der Waals surface area contributed by atoms with E-state index in [1.54, 1.807) is 6.33 Å². The lowest BCUT2D eigenvalue weighted by molar-refractivity contribution is 0.538. The van der Waals surface area contributed by atoms with Gasteiger partial charge >= 0.3 is 0 Å². The highest BCUT2D eigenvalue weighted by atomic mass is 32.2. The molecule has 18 heavy (non-hydrogen) atoms. The van der Waals surface area contributed by atoms with E-state index in [4.69, 9.17) is 5.73 Å². The van der Waals surface area contributed by atoms with Gasteiger partial charge in [0, 0.05) is 16.6 Å². The summed E-state index contributed by atoms with van der Waals surface area (Å²) < 4.78 is 1.91. The summed E-state index contributed by atoms with van der Waals surface area (Å²) in [5, 5.41) is 4.42.